The fraction of sp³-hybridized carbons (Fsp3) is 0.400. The van der Waals surface area contributed by atoms with Gasteiger partial charge in [-0.15, -0.1) is 5.10 Å². The molecule has 0 aliphatic rings. The number of hydrogen-bond acceptors (Lipinski definition) is 4. The molecule has 0 saturated heterocycles. The molecule has 6 heteroatoms. The second-order valence-electron chi connectivity index (χ2n) is 9.37. The first-order valence-corrected chi connectivity index (χ1v) is 10.6. The average Bonchev–Trinajstić information content (AvgIpc) is 3.12. The Morgan fingerprint density at radius 2 is 1.74 bits per heavy atom. The van der Waals surface area contributed by atoms with Crippen LogP contribution in [0.5, 0.6) is 6.01 Å². The highest BCUT2D eigenvalue weighted by Gasteiger charge is 2.18. The molecular weight excluding hydrogens is 388 g/mol. The van der Waals surface area contributed by atoms with E-state index in [1.807, 2.05) is 55.5 Å². The van der Waals surface area contributed by atoms with Crippen molar-refractivity contribution in [1.82, 2.24) is 14.8 Å². The van der Waals surface area contributed by atoms with Crippen molar-refractivity contribution in [1.29, 1.82) is 0 Å². The Labute approximate surface area is 184 Å². The SMILES string of the molecule is COc1nc(-c2ccc(C)cc2)n(-c2ccc(NC(=O)C[C@H](C)CC(C)(C)C)cc2)n1. The summed E-state index contributed by atoms with van der Waals surface area (Å²) >= 11 is 0. The van der Waals surface area contributed by atoms with Crippen LogP contribution < -0.4 is 10.1 Å². The van der Waals surface area contributed by atoms with E-state index in [1.165, 1.54) is 5.56 Å². The van der Waals surface area contributed by atoms with Crippen LogP contribution in [0.15, 0.2) is 48.5 Å². The van der Waals surface area contributed by atoms with Gasteiger partial charge in [-0.2, -0.15) is 4.98 Å². The number of ether oxygens (including phenoxy) is 1. The van der Waals surface area contributed by atoms with Gasteiger partial charge in [-0.1, -0.05) is 57.5 Å². The van der Waals surface area contributed by atoms with Gasteiger partial charge in [-0.3, -0.25) is 4.79 Å². The Balaban J connectivity index is 1.75. The molecule has 0 bridgehead atoms. The van der Waals surface area contributed by atoms with Gasteiger partial charge in [0.25, 0.3) is 0 Å². The molecule has 164 valence electrons. The van der Waals surface area contributed by atoms with E-state index < -0.39 is 0 Å². The highest BCUT2D eigenvalue weighted by atomic mass is 16.5. The number of nitrogens with zero attached hydrogens (tertiary/aromatic N) is 3. The molecule has 0 radical (unpaired) electrons. The molecule has 1 aromatic heterocycles. The van der Waals surface area contributed by atoms with Crippen LogP contribution in [0.4, 0.5) is 5.69 Å². The topological polar surface area (TPSA) is 69.0 Å². The molecule has 3 aromatic rings. The van der Waals surface area contributed by atoms with Crippen molar-refractivity contribution >= 4 is 11.6 Å². The Morgan fingerprint density at radius 3 is 2.32 bits per heavy atom. The number of hydrogen-bond donors (Lipinski definition) is 1. The summed E-state index contributed by atoms with van der Waals surface area (Å²) in [7, 11) is 1.55. The number of nitrogens with one attached hydrogen (secondary N) is 1. The lowest BCUT2D eigenvalue weighted by Crippen LogP contribution is -2.18. The lowest BCUT2D eigenvalue weighted by atomic mass is 9.84. The summed E-state index contributed by atoms with van der Waals surface area (Å²) in [5.41, 5.74) is 3.95. The molecule has 1 amide bonds. The van der Waals surface area contributed by atoms with Crippen LogP contribution in [0, 0.1) is 18.3 Å². The number of carbonyl (C=O) groups excluding carboxylic acids is 1. The van der Waals surface area contributed by atoms with Crippen LogP contribution in [0.2, 0.25) is 0 Å². The zero-order valence-corrected chi connectivity index (χ0v) is 19.3. The first-order chi connectivity index (χ1) is 14.6. The molecule has 1 heterocycles. The van der Waals surface area contributed by atoms with Crippen molar-refractivity contribution in [2.24, 2.45) is 11.3 Å². The number of carbonyl (C=O) groups is 1. The first-order valence-electron chi connectivity index (χ1n) is 10.6. The number of benzene rings is 2. The minimum atomic E-state index is 0.0345. The fourth-order valence-corrected chi connectivity index (χ4v) is 3.78. The molecule has 0 aliphatic heterocycles. The molecule has 0 saturated carbocycles. The van der Waals surface area contributed by atoms with Crippen molar-refractivity contribution in [2.75, 3.05) is 12.4 Å². The van der Waals surface area contributed by atoms with Crippen molar-refractivity contribution in [3.05, 3.63) is 54.1 Å². The maximum Gasteiger partial charge on any atom is 0.336 e. The zero-order chi connectivity index (χ0) is 22.6. The Kier molecular flexibility index (Phi) is 6.78. The number of amides is 1. The summed E-state index contributed by atoms with van der Waals surface area (Å²) in [6.07, 6.45) is 1.52. The van der Waals surface area contributed by atoms with Gasteiger partial charge < -0.3 is 10.1 Å². The Bertz CT molecular complexity index is 1020. The van der Waals surface area contributed by atoms with Gasteiger partial charge in [-0.25, -0.2) is 4.68 Å². The smallest absolute Gasteiger partial charge is 0.336 e. The van der Waals surface area contributed by atoms with Gasteiger partial charge in [0.05, 0.1) is 12.8 Å². The van der Waals surface area contributed by atoms with E-state index in [2.05, 4.69) is 43.1 Å². The highest BCUT2D eigenvalue weighted by molar-refractivity contribution is 5.90. The summed E-state index contributed by atoms with van der Waals surface area (Å²) in [6.45, 7) is 10.8. The minimum Gasteiger partial charge on any atom is -0.466 e. The molecule has 3 rings (SSSR count). The lowest BCUT2D eigenvalue weighted by molar-refractivity contribution is -0.117. The van der Waals surface area contributed by atoms with Crippen LogP contribution in [0.3, 0.4) is 0 Å². The molecule has 6 nitrogen and oxygen atoms in total. The minimum absolute atomic E-state index is 0.0345. The molecule has 2 aromatic carbocycles. The third-order valence-electron chi connectivity index (χ3n) is 4.97. The van der Waals surface area contributed by atoms with E-state index >= 15 is 0 Å². The predicted octanol–water partition coefficient (Wildman–Crippen LogP) is 5.65. The first kappa shape index (κ1) is 22.5. The average molecular weight is 421 g/mol. The third-order valence-corrected chi connectivity index (χ3v) is 4.97. The van der Waals surface area contributed by atoms with Crippen LogP contribution in [0.1, 0.15) is 46.1 Å². The van der Waals surface area contributed by atoms with Crippen molar-refractivity contribution in [3.8, 4) is 23.1 Å². The molecule has 31 heavy (non-hydrogen) atoms. The van der Waals surface area contributed by atoms with E-state index in [1.54, 1.807) is 11.8 Å². The van der Waals surface area contributed by atoms with Gasteiger partial charge in [0.15, 0.2) is 5.82 Å². The summed E-state index contributed by atoms with van der Waals surface area (Å²) in [4.78, 5) is 16.9. The van der Waals surface area contributed by atoms with Gasteiger partial charge in [0, 0.05) is 17.7 Å². The van der Waals surface area contributed by atoms with E-state index in [-0.39, 0.29) is 11.3 Å². The summed E-state index contributed by atoms with van der Waals surface area (Å²) in [5.74, 6) is 1.07. The van der Waals surface area contributed by atoms with E-state index in [9.17, 15) is 4.79 Å². The van der Waals surface area contributed by atoms with E-state index in [4.69, 9.17) is 4.74 Å². The van der Waals surface area contributed by atoms with Crippen molar-refractivity contribution in [2.45, 2.75) is 47.5 Å². The molecule has 0 spiro atoms. The quantitative estimate of drug-likeness (QED) is 0.536. The van der Waals surface area contributed by atoms with Gasteiger partial charge in [-0.05, 0) is 48.9 Å². The summed E-state index contributed by atoms with van der Waals surface area (Å²) in [6, 6.07) is 16.0. The van der Waals surface area contributed by atoms with Crippen molar-refractivity contribution in [3.63, 3.8) is 0 Å². The van der Waals surface area contributed by atoms with Crippen LogP contribution in [0.25, 0.3) is 17.1 Å². The molecule has 1 atom stereocenters. The number of aryl methyl sites for hydroxylation is 1. The van der Waals surface area contributed by atoms with E-state index in [0.717, 1.165) is 23.4 Å². The second kappa shape index (κ2) is 9.33. The third kappa shape index (κ3) is 6.17. The molecule has 0 unspecified atom stereocenters. The van der Waals surface area contributed by atoms with Gasteiger partial charge in [0.1, 0.15) is 0 Å². The predicted molar refractivity (Wildman–Crippen MR) is 125 cm³/mol. The lowest BCUT2D eigenvalue weighted by Gasteiger charge is -2.22. The highest BCUT2D eigenvalue weighted by Crippen LogP contribution is 2.27. The van der Waals surface area contributed by atoms with Crippen LogP contribution >= 0.6 is 0 Å². The number of aromatic nitrogens is 3. The normalized spacial score (nSPS) is 12.5. The number of rotatable bonds is 7. The molecule has 0 aliphatic carbocycles. The Hall–Kier alpha value is -3.15. The monoisotopic (exact) mass is 420 g/mol. The largest absolute Gasteiger partial charge is 0.466 e. The molecule has 1 N–H and O–H groups in total. The van der Waals surface area contributed by atoms with Crippen LogP contribution in [-0.4, -0.2) is 27.8 Å². The molecule has 0 fully saturated rings. The Morgan fingerprint density at radius 1 is 1.10 bits per heavy atom. The summed E-state index contributed by atoms with van der Waals surface area (Å²) in [5, 5.41) is 7.45. The van der Waals surface area contributed by atoms with E-state index in [0.29, 0.717) is 24.2 Å². The summed E-state index contributed by atoms with van der Waals surface area (Å²) < 4.78 is 7.00. The zero-order valence-electron chi connectivity index (χ0n) is 19.3. The number of methoxy groups -OCH3 is 1. The van der Waals surface area contributed by atoms with Gasteiger partial charge >= 0.3 is 6.01 Å². The molecular formula is C25H32N4O2. The number of anilines is 1. The van der Waals surface area contributed by atoms with Crippen molar-refractivity contribution < 1.29 is 9.53 Å². The maximum absolute atomic E-state index is 12.4. The fourth-order valence-electron chi connectivity index (χ4n) is 3.78. The maximum atomic E-state index is 12.4. The van der Waals surface area contributed by atoms with Crippen LogP contribution in [-0.2, 0) is 4.79 Å². The standard InChI is InChI=1S/C25H32N4O2/c1-17-7-9-19(10-8-17)23-27-24(31-6)28-29(23)21-13-11-20(12-14-21)26-22(30)15-18(2)16-25(3,4)5/h7-14,18H,15-16H2,1-6H3,(H,26,30)/t18-/m0/s1. The second-order valence-corrected chi connectivity index (χ2v) is 9.37. The van der Waals surface area contributed by atoms with Gasteiger partial charge in [0.2, 0.25) is 5.91 Å².